The van der Waals surface area contributed by atoms with Gasteiger partial charge in [-0.05, 0) is 55.4 Å². The molecule has 6 rings (SSSR count). The van der Waals surface area contributed by atoms with Crippen molar-refractivity contribution in [3.05, 3.63) is 65.7 Å². The summed E-state index contributed by atoms with van der Waals surface area (Å²) in [6.07, 6.45) is 6.12. The molecule has 3 aliphatic heterocycles. The van der Waals surface area contributed by atoms with Crippen molar-refractivity contribution in [2.75, 3.05) is 16.3 Å². The molecule has 3 heterocycles. The van der Waals surface area contributed by atoms with Crippen LogP contribution in [-0.2, 0) is 11.3 Å². The fourth-order valence-corrected chi connectivity index (χ4v) is 5.49. The Morgan fingerprint density at radius 3 is 2.57 bits per heavy atom. The van der Waals surface area contributed by atoms with Crippen LogP contribution in [0.5, 0.6) is 0 Å². The molecule has 1 N–H and O–H groups in total. The van der Waals surface area contributed by atoms with Crippen LogP contribution in [0.15, 0.2) is 54.6 Å². The fraction of sp³-hybridized carbons (Fsp3) is 0.375. The fourth-order valence-electron chi connectivity index (χ4n) is 5.49. The van der Waals surface area contributed by atoms with Gasteiger partial charge in [-0.1, -0.05) is 36.4 Å². The molecule has 1 aliphatic carbocycles. The van der Waals surface area contributed by atoms with E-state index in [1.54, 1.807) is 0 Å². The number of carbonyl (C=O) groups is 1. The summed E-state index contributed by atoms with van der Waals surface area (Å²) in [5.74, 6) is 0.297. The van der Waals surface area contributed by atoms with Gasteiger partial charge in [0.2, 0.25) is 0 Å². The molecule has 4 aliphatic rings. The van der Waals surface area contributed by atoms with Crippen molar-refractivity contribution >= 4 is 22.9 Å². The number of hydrogen-bond donors (Lipinski definition) is 1. The van der Waals surface area contributed by atoms with E-state index in [2.05, 4.69) is 29.2 Å². The van der Waals surface area contributed by atoms with Gasteiger partial charge in [-0.3, -0.25) is 4.79 Å². The summed E-state index contributed by atoms with van der Waals surface area (Å²) in [5.41, 5.74) is 4.02. The summed E-state index contributed by atoms with van der Waals surface area (Å²) in [5, 5.41) is 11.8. The number of amides is 1. The Morgan fingerprint density at radius 2 is 1.79 bits per heavy atom. The van der Waals surface area contributed by atoms with E-state index in [4.69, 9.17) is 0 Å². The predicted octanol–water partition coefficient (Wildman–Crippen LogP) is 3.74. The summed E-state index contributed by atoms with van der Waals surface area (Å²) in [7, 11) is 0. The molecule has 1 unspecified atom stereocenters. The second-order valence-corrected chi connectivity index (χ2v) is 8.62. The minimum Gasteiger partial charge on any atom is -0.383 e. The monoisotopic (exact) mass is 372 g/mol. The van der Waals surface area contributed by atoms with Gasteiger partial charge in [-0.25, -0.2) is 0 Å². The van der Waals surface area contributed by atoms with Crippen LogP contribution in [0.4, 0.5) is 11.4 Å². The van der Waals surface area contributed by atoms with Crippen LogP contribution in [0.2, 0.25) is 0 Å². The van der Waals surface area contributed by atoms with E-state index in [1.807, 2.05) is 35.2 Å². The van der Waals surface area contributed by atoms with Crippen molar-refractivity contribution < 1.29 is 9.90 Å². The molecule has 0 bridgehead atoms. The number of rotatable bonds is 3. The van der Waals surface area contributed by atoms with Gasteiger partial charge in [0, 0.05) is 17.8 Å². The number of benzene rings is 2. The molecular formula is C24H24N2O2. The first kappa shape index (κ1) is 16.4. The van der Waals surface area contributed by atoms with Gasteiger partial charge in [0.25, 0.3) is 5.91 Å². The quantitative estimate of drug-likeness (QED) is 0.893. The van der Waals surface area contributed by atoms with Crippen molar-refractivity contribution in [3.8, 4) is 0 Å². The molecule has 2 fully saturated rings. The van der Waals surface area contributed by atoms with Crippen LogP contribution >= 0.6 is 0 Å². The van der Waals surface area contributed by atoms with Crippen LogP contribution in [-0.4, -0.2) is 29.2 Å². The average molecular weight is 372 g/mol. The normalized spacial score (nSPS) is 28.1. The van der Waals surface area contributed by atoms with Gasteiger partial charge in [-0.15, -0.1) is 0 Å². The summed E-state index contributed by atoms with van der Waals surface area (Å²) in [6.45, 7) is 1.50. The van der Waals surface area contributed by atoms with E-state index in [0.717, 1.165) is 54.7 Å². The average Bonchev–Trinajstić information content (AvgIpc) is 3.43. The molecule has 0 spiro atoms. The molecule has 1 amide bonds. The zero-order valence-electron chi connectivity index (χ0n) is 15.8. The van der Waals surface area contributed by atoms with Crippen molar-refractivity contribution in [2.24, 2.45) is 5.92 Å². The largest absolute Gasteiger partial charge is 0.383 e. The van der Waals surface area contributed by atoms with Crippen LogP contribution in [0.25, 0.3) is 5.57 Å². The van der Waals surface area contributed by atoms with Crippen LogP contribution in [0.1, 0.15) is 36.8 Å². The highest BCUT2D eigenvalue weighted by atomic mass is 16.3. The first-order chi connectivity index (χ1) is 13.7. The maximum Gasteiger partial charge on any atom is 0.259 e. The smallest absolute Gasteiger partial charge is 0.259 e. The predicted molar refractivity (Wildman–Crippen MR) is 110 cm³/mol. The molecule has 4 nitrogen and oxygen atoms in total. The second kappa shape index (κ2) is 5.71. The van der Waals surface area contributed by atoms with Gasteiger partial charge in [0.15, 0.2) is 0 Å². The topological polar surface area (TPSA) is 43.8 Å². The Morgan fingerprint density at radius 1 is 1.00 bits per heavy atom. The molecule has 0 radical (unpaired) electrons. The Balaban J connectivity index is 1.52. The summed E-state index contributed by atoms with van der Waals surface area (Å²) in [4.78, 5) is 17.8. The first-order valence-electron chi connectivity index (χ1n) is 10.4. The highest BCUT2D eigenvalue weighted by Gasteiger charge is 2.54. The Kier molecular flexibility index (Phi) is 3.34. The van der Waals surface area contributed by atoms with Gasteiger partial charge >= 0.3 is 0 Å². The highest BCUT2D eigenvalue weighted by Crippen LogP contribution is 2.54. The number of nitrogens with zero attached hydrogens (tertiary/aromatic N) is 2. The number of aliphatic hydroxyl groups is 1. The molecule has 2 aromatic rings. The zero-order chi connectivity index (χ0) is 18.9. The molecule has 1 saturated carbocycles. The van der Waals surface area contributed by atoms with Gasteiger partial charge < -0.3 is 14.9 Å². The SMILES string of the molecule is O=C1C2=C[C@](O)(C3CC3)C3CCCN3c3cccc(c32)N1Cc1ccccc1. The standard InChI is InChI=1S/C24H24N2O2/c27-23-18-14-24(28,17-11-12-17)21-10-5-13-25(21)19-8-4-9-20(22(18)19)26(23)15-16-6-2-1-3-7-16/h1-4,6-9,14,17,21,28H,5,10-13,15H2/t21?,24-/m0/s1. The summed E-state index contributed by atoms with van der Waals surface area (Å²) < 4.78 is 0. The first-order valence-corrected chi connectivity index (χ1v) is 10.4. The molecule has 2 aromatic carbocycles. The third-order valence-electron chi connectivity index (χ3n) is 6.94. The molecule has 0 aromatic heterocycles. The van der Waals surface area contributed by atoms with Crippen LogP contribution in [0, 0.1) is 5.92 Å². The minimum absolute atomic E-state index is 0.0200. The lowest BCUT2D eigenvalue weighted by atomic mass is 9.85. The lowest BCUT2D eigenvalue weighted by Crippen LogP contribution is -2.50. The number of hydrogen-bond acceptors (Lipinski definition) is 3. The van der Waals surface area contributed by atoms with Crippen molar-refractivity contribution in [1.29, 1.82) is 0 Å². The third-order valence-corrected chi connectivity index (χ3v) is 6.94. The van der Waals surface area contributed by atoms with E-state index in [0.29, 0.717) is 12.1 Å². The van der Waals surface area contributed by atoms with Crippen molar-refractivity contribution in [1.82, 2.24) is 0 Å². The van der Waals surface area contributed by atoms with Gasteiger partial charge in [0.1, 0.15) is 5.60 Å². The van der Waals surface area contributed by atoms with E-state index in [1.165, 1.54) is 0 Å². The maximum atomic E-state index is 13.5. The highest BCUT2D eigenvalue weighted by molar-refractivity contribution is 6.34. The molecule has 4 heteroatoms. The molecule has 142 valence electrons. The molecule has 2 atom stereocenters. The minimum atomic E-state index is -0.902. The second-order valence-electron chi connectivity index (χ2n) is 8.62. The lowest BCUT2D eigenvalue weighted by Gasteiger charge is -2.38. The zero-order valence-corrected chi connectivity index (χ0v) is 15.8. The molecular weight excluding hydrogens is 348 g/mol. The van der Waals surface area contributed by atoms with Crippen molar-refractivity contribution in [2.45, 2.75) is 43.9 Å². The van der Waals surface area contributed by atoms with E-state index < -0.39 is 5.60 Å². The van der Waals surface area contributed by atoms with E-state index in [9.17, 15) is 9.90 Å². The van der Waals surface area contributed by atoms with Crippen LogP contribution < -0.4 is 9.80 Å². The Hall–Kier alpha value is -2.59. The maximum absolute atomic E-state index is 13.5. The third kappa shape index (κ3) is 2.18. The van der Waals surface area contributed by atoms with Crippen LogP contribution in [0.3, 0.4) is 0 Å². The Labute approximate surface area is 165 Å². The van der Waals surface area contributed by atoms with E-state index in [-0.39, 0.29) is 17.9 Å². The number of anilines is 2. The summed E-state index contributed by atoms with van der Waals surface area (Å²) >= 11 is 0. The summed E-state index contributed by atoms with van der Waals surface area (Å²) in [6, 6.07) is 16.4. The Bertz CT molecular complexity index is 995. The number of carbonyl (C=O) groups excluding carboxylic acids is 1. The van der Waals surface area contributed by atoms with Gasteiger partial charge in [-0.2, -0.15) is 0 Å². The van der Waals surface area contributed by atoms with Gasteiger partial charge in [0.05, 0.1) is 23.8 Å². The molecule has 28 heavy (non-hydrogen) atoms. The lowest BCUT2D eigenvalue weighted by molar-refractivity contribution is -0.113. The molecule has 1 saturated heterocycles. The van der Waals surface area contributed by atoms with Crippen molar-refractivity contribution in [3.63, 3.8) is 0 Å². The number of fused-ring (bicyclic) bond motifs is 2. The van der Waals surface area contributed by atoms with E-state index >= 15 is 0 Å².